The molecule has 0 radical (unpaired) electrons. The molecule has 0 aliphatic heterocycles. The highest BCUT2D eigenvalue weighted by Gasteiger charge is 2.06. The lowest BCUT2D eigenvalue weighted by atomic mass is 10.2. The largest absolute Gasteiger partial charge is 0.496 e. The molecule has 0 atom stereocenters. The Morgan fingerprint density at radius 1 is 1.42 bits per heavy atom. The fourth-order valence-electron chi connectivity index (χ4n) is 0.882. The standard InChI is InChI=1S/C8H8Br2O2/c1-12-7-3-6(9)2-5(4-11)8(7)10/h2-3,11H,4H2,1H3. The van der Waals surface area contributed by atoms with Gasteiger partial charge in [0.2, 0.25) is 0 Å². The summed E-state index contributed by atoms with van der Waals surface area (Å²) in [6.07, 6.45) is 0. The van der Waals surface area contributed by atoms with Crippen molar-refractivity contribution >= 4 is 31.9 Å². The van der Waals surface area contributed by atoms with E-state index in [1.807, 2.05) is 12.1 Å². The van der Waals surface area contributed by atoms with E-state index in [0.717, 1.165) is 14.5 Å². The summed E-state index contributed by atoms with van der Waals surface area (Å²) in [5.41, 5.74) is 0.807. The maximum atomic E-state index is 8.96. The van der Waals surface area contributed by atoms with Gasteiger partial charge in [-0.15, -0.1) is 0 Å². The highest BCUT2D eigenvalue weighted by molar-refractivity contribution is 9.11. The molecule has 1 aromatic rings. The molecule has 0 amide bonds. The van der Waals surface area contributed by atoms with Gasteiger partial charge in [-0.25, -0.2) is 0 Å². The van der Waals surface area contributed by atoms with Crippen molar-refractivity contribution in [3.8, 4) is 5.75 Å². The second-order valence-electron chi connectivity index (χ2n) is 2.24. The number of aliphatic hydroxyl groups excluding tert-OH is 1. The summed E-state index contributed by atoms with van der Waals surface area (Å²) in [5.74, 6) is 0.716. The number of hydrogen-bond acceptors (Lipinski definition) is 2. The normalized spacial score (nSPS) is 10.0. The molecule has 1 N–H and O–H groups in total. The molecule has 0 aliphatic carbocycles. The zero-order valence-corrected chi connectivity index (χ0v) is 9.65. The van der Waals surface area contributed by atoms with Gasteiger partial charge < -0.3 is 9.84 Å². The third-order valence-electron chi connectivity index (χ3n) is 1.47. The predicted molar refractivity (Wildman–Crippen MR) is 54.3 cm³/mol. The number of ether oxygens (including phenoxy) is 1. The lowest BCUT2D eigenvalue weighted by Crippen LogP contribution is -1.90. The molecule has 0 aromatic heterocycles. The van der Waals surface area contributed by atoms with Gasteiger partial charge in [0, 0.05) is 4.47 Å². The van der Waals surface area contributed by atoms with Crippen molar-refractivity contribution in [2.45, 2.75) is 6.61 Å². The summed E-state index contributed by atoms with van der Waals surface area (Å²) in [4.78, 5) is 0. The summed E-state index contributed by atoms with van der Waals surface area (Å²) >= 11 is 6.65. The predicted octanol–water partition coefficient (Wildman–Crippen LogP) is 2.71. The van der Waals surface area contributed by atoms with Crippen LogP contribution in [0.1, 0.15) is 5.56 Å². The minimum Gasteiger partial charge on any atom is -0.496 e. The quantitative estimate of drug-likeness (QED) is 0.909. The van der Waals surface area contributed by atoms with Crippen LogP contribution in [0, 0.1) is 0 Å². The lowest BCUT2D eigenvalue weighted by molar-refractivity contribution is 0.280. The van der Waals surface area contributed by atoms with E-state index in [1.54, 1.807) is 7.11 Å². The van der Waals surface area contributed by atoms with Crippen LogP contribution in [-0.2, 0) is 6.61 Å². The molecule has 0 heterocycles. The minimum absolute atomic E-state index is 0.00359. The topological polar surface area (TPSA) is 29.5 Å². The highest BCUT2D eigenvalue weighted by Crippen LogP contribution is 2.32. The fourth-order valence-corrected chi connectivity index (χ4v) is 1.88. The monoisotopic (exact) mass is 294 g/mol. The number of hydrogen-bond donors (Lipinski definition) is 1. The van der Waals surface area contributed by atoms with E-state index >= 15 is 0 Å². The molecule has 0 fully saturated rings. The molecule has 4 heteroatoms. The molecule has 1 aromatic carbocycles. The summed E-state index contributed by atoms with van der Waals surface area (Å²) < 4.78 is 6.78. The number of rotatable bonds is 2. The van der Waals surface area contributed by atoms with E-state index in [0.29, 0.717) is 5.75 Å². The molecular weight excluding hydrogens is 288 g/mol. The van der Waals surface area contributed by atoms with E-state index in [2.05, 4.69) is 31.9 Å². The SMILES string of the molecule is COc1cc(Br)cc(CO)c1Br. The summed E-state index contributed by atoms with van der Waals surface area (Å²) in [5, 5.41) is 8.96. The highest BCUT2D eigenvalue weighted by atomic mass is 79.9. The van der Waals surface area contributed by atoms with Crippen molar-refractivity contribution in [3.05, 3.63) is 26.6 Å². The summed E-state index contributed by atoms with van der Waals surface area (Å²) in [6, 6.07) is 3.68. The Hall–Kier alpha value is -0.0600. The third kappa shape index (κ3) is 2.00. The average Bonchev–Trinajstić information content (AvgIpc) is 2.08. The van der Waals surface area contributed by atoms with Gasteiger partial charge in [0.05, 0.1) is 18.2 Å². The Balaban J connectivity index is 3.22. The summed E-state index contributed by atoms with van der Waals surface area (Å²) in [7, 11) is 1.59. The maximum absolute atomic E-state index is 8.96. The second-order valence-corrected chi connectivity index (χ2v) is 3.95. The van der Waals surface area contributed by atoms with E-state index in [4.69, 9.17) is 9.84 Å². The molecule has 1 rings (SSSR count). The molecule has 12 heavy (non-hydrogen) atoms. The first-order chi connectivity index (χ1) is 5.69. The number of benzene rings is 1. The smallest absolute Gasteiger partial charge is 0.134 e. The summed E-state index contributed by atoms with van der Waals surface area (Å²) in [6.45, 7) is -0.00359. The van der Waals surface area contributed by atoms with E-state index in [9.17, 15) is 0 Å². The van der Waals surface area contributed by atoms with Gasteiger partial charge in [0.15, 0.2) is 0 Å². The fraction of sp³-hybridized carbons (Fsp3) is 0.250. The Bertz CT molecular complexity index is 261. The van der Waals surface area contributed by atoms with Crippen molar-refractivity contribution in [1.29, 1.82) is 0 Å². The Morgan fingerprint density at radius 2 is 2.08 bits per heavy atom. The van der Waals surface area contributed by atoms with Crippen molar-refractivity contribution in [2.75, 3.05) is 7.11 Å². The van der Waals surface area contributed by atoms with Crippen LogP contribution in [-0.4, -0.2) is 12.2 Å². The molecular formula is C8H8Br2O2. The van der Waals surface area contributed by atoms with Crippen LogP contribution in [0.15, 0.2) is 21.1 Å². The van der Waals surface area contributed by atoms with E-state index in [1.165, 1.54) is 0 Å². The second kappa shape index (κ2) is 4.25. The van der Waals surface area contributed by atoms with Crippen LogP contribution in [0.2, 0.25) is 0 Å². The first-order valence-electron chi connectivity index (χ1n) is 3.31. The molecule has 0 unspecified atom stereocenters. The first kappa shape index (κ1) is 10.0. The van der Waals surface area contributed by atoms with Gasteiger partial charge >= 0.3 is 0 Å². The van der Waals surface area contributed by atoms with E-state index in [-0.39, 0.29) is 6.61 Å². The Kier molecular flexibility index (Phi) is 3.55. The van der Waals surface area contributed by atoms with Crippen molar-refractivity contribution in [3.63, 3.8) is 0 Å². The van der Waals surface area contributed by atoms with Crippen molar-refractivity contribution in [1.82, 2.24) is 0 Å². The number of halogens is 2. The molecule has 66 valence electrons. The average molecular weight is 296 g/mol. The van der Waals surface area contributed by atoms with Crippen molar-refractivity contribution < 1.29 is 9.84 Å². The number of aliphatic hydroxyl groups is 1. The van der Waals surface area contributed by atoms with Crippen LogP contribution in [0.3, 0.4) is 0 Å². The maximum Gasteiger partial charge on any atom is 0.134 e. The third-order valence-corrected chi connectivity index (χ3v) is 2.83. The van der Waals surface area contributed by atoms with Crippen LogP contribution in [0.25, 0.3) is 0 Å². The van der Waals surface area contributed by atoms with Crippen LogP contribution in [0.5, 0.6) is 5.75 Å². The zero-order valence-electron chi connectivity index (χ0n) is 6.47. The van der Waals surface area contributed by atoms with Crippen LogP contribution >= 0.6 is 31.9 Å². The van der Waals surface area contributed by atoms with Crippen LogP contribution in [0.4, 0.5) is 0 Å². The molecule has 0 bridgehead atoms. The lowest BCUT2D eigenvalue weighted by Gasteiger charge is -2.07. The molecule has 0 saturated heterocycles. The minimum atomic E-state index is -0.00359. The van der Waals surface area contributed by atoms with Gasteiger partial charge in [-0.3, -0.25) is 0 Å². The van der Waals surface area contributed by atoms with Crippen LogP contribution < -0.4 is 4.74 Å². The number of methoxy groups -OCH3 is 1. The van der Waals surface area contributed by atoms with Gasteiger partial charge in [-0.05, 0) is 33.6 Å². The zero-order chi connectivity index (χ0) is 9.14. The van der Waals surface area contributed by atoms with Gasteiger partial charge in [-0.2, -0.15) is 0 Å². The van der Waals surface area contributed by atoms with E-state index < -0.39 is 0 Å². The van der Waals surface area contributed by atoms with Gasteiger partial charge in [0.1, 0.15) is 5.75 Å². The van der Waals surface area contributed by atoms with Gasteiger partial charge in [-0.1, -0.05) is 15.9 Å². The molecule has 0 aliphatic rings. The molecule has 2 nitrogen and oxygen atoms in total. The Labute approximate surface area is 87.8 Å². The molecule has 0 saturated carbocycles. The van der Waals surface area contributed by atoms with Crippen molar-refractivity contribution in [2.24, 2.45) is 0 Å². The molecule has 0 spiro atoms. The van der Waals surface area contributed by atoms with Gasteiger partial charge in [0.25, 0.3) is 0 Å². The first-order valence-corrected chi connectivity index (χ1v) is 4.90. The Morgan fingerprint density at radius 3 is 2.58 bits per heavy atom.